The number of hydrogen-bond acceptors (Lipinski definition) is 3. The Morgan fingerprint density at radius 2 is 1.95 bits per heavy atom. The van der Waals surface area contributed by atoms with Crippen LogP contribution in [0.1, 0.15) is 23.7 Å². The standard InChI is InChI=1S/C16H21FN2S/c1-11(2)10-18-9-8-15-19-16(12(3)20-15)13-4-6-14(17)7-5-13/h4-7,11,18H,8-10H2,1-3H3. The lowest BCUT2D eigenvalue weighted by atomic mass is 10.1. The predicted molar refractivity (Wildman–Crippen MR) is 83.7 cm³/mol. The highest BCUT2D eigenvalue weighted by atomic mass is 32.1. The average Bonchev–Trinajstić information content (AvgIpc) is 2.77. The van der Waals surface area contributed by atoms with Gasteiger partial charge >= 0.3 is 0 Å². The monoisotopic (exact) mass is 292 g/mol. The zero-order valence-corrected chi connectivity index (χ0v) is 13.1. The number of aromatic nitrogens is 1. The van der Waals surface area contributed by atoms with Gasteiger partial charge in [-0.15, -0.1) is 11.3 Å². The first kappa shape index (κ1) is 15.1. The third-order valence-corrected chi connectivity index (χ3v) is 4.06. The fraction of sp³-hybridized carbons (Fsp3) is 0.438. The Morgan fingerprint density at radius 1 is 1.25 bits per heavy atom. The minimum absolute atomic E-state index is 0.209. The number of nitrogens with one attached hydrogen (secondary N) is 1. The van der Waals surface area contributed by atoms with Crippen LogP contribution in [-0.4, -0.2) is 18.1 Å². The Labute approximate surface area is 124 Å². The van der Waals surface area contributed by atoms with Gasteiger partial charge in [-0.2, -0.15) is 0 Å². The first-order valence-electron chi connectivity index (χ1n) is 6.99. The third kappa shape index (κ3) is 4.12. The van der Waals surface area contributed by atoms with Gasteiger partial charge in [-0.25, -0.2) is 9.37 Å². The number of nitrogens with zero attached hydrogens (tertiary/aromatic N) is 1. The normalized spacial score (nSPS) is 11.2. The quantitative estimate of drug-likeness (QED) is 0.813. The molecule has 0 saturated heterocycles. The van der Waals surface area contributed by atoms with Gasteiger partial charge in [0.15, 0.2) is 0 Å². The maximum absolute atomic E-state index is 13.0. The Hall–Kier alpha value is -1.26. The summed E-state index contributed by atoms with van der Waals surface area (Å²) in [5.41, 5.74) is 1.97. The lowest BCUT2D eigenvalue weighted by Gasteiger charge is -2.05. The van der Waals surface area contributed by atoms with Crippen LogP contribution in [0.3, 0.4) is 0 Å². The van der Waals surface area contributed by atoms with Crippen molar-refractivity contribution in [2.45, 2.75) is 27.2 Å². The van der Waals surface area contributed by atoms with Gasteiger partial charge < -0.3 is 5.32 Å². The van der Waals surface area contributed by atoms with Gasteiger partial charge in [-0.05, 0) is 43.7 Å². The van der Waals surface area contributed by atoms with Crippen LogP contribution in [-0.2, 0) is 6.42 Å². The maximum atomic E-state index is 13.0. The number of halogens is 1. The first-order valence-corrected chi connectivity index (χ1v) is 7.81. The molecule has 4 heteroatoms. The number of benzene rings is 1. The molecule has 0 saturated carbocycles. The molecular weight excluding hydrogens is 271 g/mol. The number of rotatable bonds is 6. The molecule has 20 heavy (non-hydrogen) atoms. The second-order valence-corrected chi connectivity index (χ2v) is 6.66. The largest absolute Gasteiger partial charge is 0.316 e. The lowest BCUT2D eigenvalue weighted by Crippen LogP contribution is -2.22. The highest BCUT2D eigenvalue weighted by molar-refractivity contribution is 7.12. The van der Waals surface area contributed by atoms with E-state index in [1.165, 1.54) is 17.0 Å². The van der Waals surface area contributed by atoms with Crippen molar-refractivity contribution in [2.24, 2.45) is 5.92 Å². The molecule has 1 aromatic carbocycles. The molecule has 108 valence electrons. The van der Waals surface area contributed by atoms with Gasteiger partial charge in [0.05, 0.1) is 10.7 Å². The molecule has 1 aromatic heterocycles. The topological polar surface area (TPSA) is 24.9 Å². The maximum Gasteiger partial charge on any atom is 0.123 e. The van der Waals surface area contributed by atoms with Crippen LogP contribution in [0.25, 0.3) is 11.3 Å². The number of aryl methyl sites for hydroxylation is 1. The van der Waals surface area contributed by atoms with Crippen molar-refractivity contribution in [3.05, 3.63) is 40.0 Å². The van der Waals surface area contributed by atoms with E-state index in [0.29, 0.717) is 5.92 Å². The van der Waals surface area contributed by atoms with Crippen LogP contribution in [0.4, 0.5) is 4.39 Å². The summed E-state index contributed by atoms with van der Waals surface area (Å²) in [7, 11) is 0. The molecule has 1 N–H and O–H groups in total. The van der Waals surface area contributed by atoms with Crippen LogP contribution in [0.2, 0.25) is 0 Å². The van der Waals surface area contributed by atoms with E-state index in [-0.39, 0.29) is 5.82 Å². The lowest BCUT2D eigenvalue weighted by molar-refractivity contribution is 0.554. The van der Waals surface area contributed by atoms with E-state index in [4.69, 9.17) is 0 Å². The van der Waals surface area contributed by atoms with Crippen LogP contribution < -0.4 is 5.32 Å². The van der Waals surface area contributed by atoms with Gasteiger partial charge in [0, 0.05) is 23.4 Å². The summed E-state index contributed by atoms with van der Waals surface area (Å²) in [6.07, 6.45) is 0.944. The van der Waals surface area contributed by atoms with Crippen LogP contribution in [0, 0.1) is 18.7 Å². The van der Waals surface area contributed by atoms with Crippen molar-refractivity contribution in [2.75, 3.05) is 13.1 Å². The Bertz CT molecular complexity index is 546. The summed E-state index contributed by atoms with van der Waals surface area (Å²) in [6.45, 7) is 8.46. The second-order valence-electron chi connectivity index (χ2n) is 5.37. The highest BCUT2D eigenvalue weighted by Crippen LogP contribution is 2.27. The Morgan fingerprint density at radius 3 is 2.60 bits per heavy atom. The van der Waals surface area contributed by atoms with Crippen molar-refractivity contribution in [3.63, 3.8) is 0 Å². The van der Waals surface area contributed by atoms with E-state index < -0.39 is 0 Å². The highest BCUT2D eigenvalue weighted by Gasteiger charge is 2.09. The summed E-state index contributed by atoms with van der Waals surface area (Å²) in [6, 6.07) is 6.55. The molecule has 0 atom stereocenters. The van der Waals surface area contributed by atoms with E-state index >= 15 is 0 Å². The Kier molecular flexibility index (Phi) is 5.26. The predicted octanol–water partition coefficient (Wildman–Crippen LogP) is 4.05. The summed E-state index contributed by atoms with van der Waals surface area (Å²) >= 11 is 1.73. The minimum atomic E-state index is -0.209. The van der Waals surface area contributed by atoms with Crippen LogP contribution in [0.5, 0.6) is 0 Å². The van der Waals surface area contributed by atoms with E-state index in [1.54, 1.807) is 23.5 Å². The minimum Gasteiger partial charge on any atom is -0.316 e. The molecule has 0 fully saturated rings. The third-order valence-electron chi connectivity index (χ3n) is 3.03. The molecule has 0 aliphatic rings. The second kappa shape index (κ2) is 6.95. The zero-order chi connectivity index (χ0) is 14.5. The van der Waals surface area contributed by atoms with Crippen molar-refractivity contribution in [3.8, 4) is 11.3 Å². The van der Waals surface area contributed by atoms with E-state index in [1.807, 2.05) is 0 Å². The molecule has 2 nitrogen and oxygen atoms in total. The molecule has 2 aromatic rings. The molecular formula is C16H21FN2S. The number of hydrogen-bond donors (Lipinski definition) is 1. The molecule has 0 aliphatic carbocycles. The SMILES string of the molecule is Cc1sc(CCNCC(C)C)nc1-c1ccc(F)cc1. The molecule has 0 bridgehead atoms. The fourth-order valence-corrected chi connectivity index (χ4v) is 2.97. The van der Waals surface area contributed by atoms with Crippen molar-refractivity contribution < 1.29 is 4.39 Å². The van der Waals surface area contributed by atoms with Crippen LogP contribution >= 0.6 is 11.3 Å². The molecule has 0 aliphatic heterocycles. The molecule has 0 radical (unpaired) electrons. The van der Waals surface area contributed by atoms with E-state index in [2.05, 4.69) is 31.1 Å². The van der Waals surface area contributed by atoms with Gasteiger partial charge in [0.1, 0.15) is 5.82 Å². The van der Waals surface area contributed by atoms with Crippen LogP contribution in [0.15, 0.2) is 24.3 Å². The smallest absolute Gasteiger partial charge is 0.123 e. The van der Waals surface area contributed by atoms with Gasteiger partial charge in [0.25, 0.3) is 0 Å². The van der Waals surface area contributed by atoms with Crippen molar-refractivity contribution >= 4 is 11.3 Å². The molecule has 0 spiro atoms. The van der Waals surface area contributed by atoms with Gasteiger partial charge in [0.2, 0.25) is 0 Å². The van der Waals surface area contributed by atoms with Gasteiger partial charge in [-0.1, -0.05) is 13.8 Å². The summed E-state index contributed by atoms with van der Waals surface area (Å²) in [5.74, 6) is 0.461. The van der Waals surface area contributed by atoms with Crippen molar-refractivity contribution in [1.29, 1.82) is 0 Å². The first-order chi connectivity index (χ1) is 9.56. The zero-order valence-electron chi connectivity index (χ0n) is 12.2. The summed E-state index contributed by atoms with van der Waals surface area (Å²) in [5, 5.41) is 4.56. The van der Waals surface area contributed by atoms with E-state index in [9.17, 15) is 4.39 Å². The fourth-order valence-electron chi connectivity index (χ4n) is 2.02. The molecule has 1 heterocycles. The Balaban J connectivity index is 2.00. The summed E-state index contributed by atoms with van der Waals surface area (Å²) in [4.78, 5) is 5.87. The molecule has 0 amide bonds. The summed E-state index contributed by atoms with van der Waals surface area (Å²) < 4.78 is 13.0. The van der Waals surface area contributed by atoms with Crippen molar-refractivity contribution in [1.82, 2.24) is 10.3 Å². The molecule has 2 rings (SSSR count). The average molecular weight is 292 g/mol. The van der Waals surface area contributed by atoms with E-state index in [0.717, 1.165) is 35.8 Å². The van der Waals surface area contributed by atoms with Gasteiger partial charge in [-0.3, -0.25) is 0 Å². The molecule has 0 unspecified atom stereocenters. The number of thiazole rings is 1.